The van der Waals surface area contributed by atoms with Gasteiger partial charge in [-0.05, 0) is 36.6 Å². The Balaban J connectivity index is 1.69. The maximum Gasteiger partial charge on any atom is 0.247 e. The minimum atomic E-state index is -0.114. The number of aryl methyl sites for hydroxylation is 1. The van der Waals surface area contributed by atoms with Gasteiger partial charge < -0.3 is 11.1 Å². The summed E-state index contributed by atoms with van der Waals surface area (Å²) < 4.78 is 0. The summed E-state index contributed by atoms with van der Waals surface area (Å²) in [5.41, 5.74) is 9.14. The fraction of sp³-hybridized carbons (Fsp3) is 0.200. The molecule has 0 unspecified atom stereocenters. The van der Waals surface area contributed by atoms with Crippen molar-refractivity contribution in [2.45, 2.75) is 19.4 Å². The van der Waals surface area contributed by atoms with Gasteiger partial charge in [0, 0.05) is 23.4 Å². The number of carbonyl (C=O) groups is 1. The monoisotopic (exact) mass is 336 g/mol. The largest absolute Gasteiger partial charge is 0.382 e. The van der Waals surface area contributed by atoms with Crippen LogP contribution in [0, 0.1) is 0 Å². The molecule has 0 saturated heterocycles. The molecule has 114 valence electrons. The Hall–Kier alpha value is -1.98. The molecule has 5 nitrogen and oxygen atoms in total. The van der Waals surface area contributed by atoms with Crippen LogP contribution in [0.4, 0.5) is 5.82 Å². The molecule has 1 aliphatic rings. The molecular formula is C15H14Cl2N4O. The number of carbonyl (C=O) groups excluding carboxylic acids is 1. The van der Waals surface area contributed by atoms with Crippen LogP contribution in [0.2, 0.25) is 10.0 Å². The van der Waals surface area contributed by atoms with Gasteiger partial charge in [-0.3, -0.25) is 9.89 Å². The van der Waals surface area contributed by atoms with Gasteiger partial charge in [0.05, 0.1) is 10.0 Å². The van der Waals surface area contributed by atoms with E-state index >= 15 is 0 Å². The van der Waals surface area contributed by atoms with E-state index in [4.69, 9.17) is 28.9 Å². The number of aromatic amines is 1. The van der Waals surface area contributed by atoms with Gasteiger partial charge in [0.25, 0.3) is 0 Å². The third-order valence-electron chi connectivity index (χ3n) is 3.60. The molecule has 1 amide bonds. The molecule has 4 N–H and O–H groups in total. The predicted molar refractivity (Wildman–Crippen MR) is 87.6 cm³/mol. The first kappa shape index (κ1) is 14.9. The molecule has 7 heteroatoms. The lowest BCUT2D eigenvalue weighted by Crippen LogP contribution is -2.25. The topological polar surface area (TPSA) is 83.8 Å². The van der Waals surface area contributed by atoms with Gasteiger partial charge in [0.2, 0.25) is 5.91 Å². The number of nitrogens with zero attached hydrogens (tertiary/aromatic N) is 1. The Morgan fingerprint density at radius 2 is 2.14 bits per heavy atom. The number of hydrogen-bond donors (Lipinski definition) is 3. The first-order valence-electron chi connectivity index (χ1n) is 6.80. The number of anilines is 1. The molecular weight excluding hydrogens is 323 g/mol. The standard InChI is InChI=1S/C15H14Cl2N4O/c16-11-3-1-8(5-12(11)17)7-19-15(22)9-2-4-13-10(6-9)14(18)21-20-13/h1,3,5-6H,2,4,7H2,(H,19,22)(H3,18,20,21). The minimum Gasteiger partial charge on any atom is -0.382 e. The normalized spacial score (nSPS) is 13.5. The smallest absolute Gasteiger partial charge is 0.247 e. The molecule has 0 spiro atoms. The van der Waals surface area contributed by atoms with Gasteiger partial charge in [-0.2, -0.15) is 5.10 Å². The van der Waals surface area contributed by atoms with Crippen LogP contribution in [0.1, 0.15) is 23.2 Å². The van der Waals surface area contributed by atoms with Gasteiger partial charge in [-0.1, -0.05) is 29.3 Å². The van der Waals surface area contributed by atoms with Gasteiger partial charge in [0.15, 0.2) is 5.82 Å². The summed E-state index contributed by atoms with van der Waals surface area (Å²) in [4.78, 5) is 12.3. The fourth-order valence-electron chi connectivity index (χ4n) is 2.38. The predicted octanol–water partition coefficient (Wildman–Crippen LogP) is 2.94. The zero-order chi connectivity index (χ0) is 15.7. The second-order valence-electron chi connectivity index (χ2n) is 5.10. The second-order valence-corrected chi connectivity index (χ2v) is 5.92. The number of benzene rings is 1. The van der Waals surface area contributed by atoms with Crippen molar-refractivity contribution in [3.05, 3.63) is 50.6 Å². The van der Waals surface area contributed by atoms with Gasteiger partial charge >= 0.3 is 0 Å². The Morgan fingerprint density at radius 3 is 2.91 bits per heavy atom. The fourth-order valence-corrected chi connectivity index (χ4v) is 2.71. The summed E-state index contributed by atoms with van der Waals surface area (Å²) in [5.74, 6) is 0.307. The van der Waals surface area contributed by atoms with E-state index in [0.717, 1.165) is 23.2 Å². The highest BCUT2D eigenvalue weighted by Gasteiger charge is 2.19. The van der Waals surface area contributed by atoms with Crippen LogP contribution in [0.5, 0.6) is 0 Å². The lowest BCUT2D eigenvalue weighted by atomic mass is 9.97. The zero-order valence-corrected chi connectivity index (χ0v) is 13.1. The van der Waals surface area contributed by atoms with Crippen molar-refractivity contribution < 1.29 is 4.79 Å². The Labute approximate surface area is 137 Å². The first-order chi connectivity index (χ1) is 10.5. The van der Waals surface area contributed by atoms with Crippen molar-refractivity contribution in [3.8, 4) is 0 Å². The van der Waals surface area contributed by atoms with Crippen LogP contribution in [0.3, 0.4) is 0 Å². The molecule has 0 radical (unpaired) electrons. The van der Waals surface area contributed by atoms with E-state index in [-0.39, 0.29) is 5.91 Å². The third-order valence-corrected chi connectivity index (χ3v) is 4.34. The maximum atomic E-state index is 12.3. The van der Waals surface area contributed by atoms with Crippen LogP contribution in [-0.2, 0) is 17.8 Å². The highest BCUT2D eigenvalue weighted by molar-refractivity contribution is 6.42. The lowest BCUT2D eigenvalue weighted by Gasteiger charge is -2.13. The van der Waals surface area contributed by atoms with Crippen LogP contribution in [0.25, 0.3) is 6.08 Å². The average Bonchev–Trinajstić information content (AvgIpc) is 2.89. The molecule has 1 aromatic heterocycles. The van der Waals surface area contributed by atoms with Crippen LogP contribution in [-0.4, -0.2) is 16.1 Å². The molecule has 0 aliphatic heterocycles. The number of fused-ring (bicyclic) bond motifs is 1. The van der Waals surface area contributed by atoms with Crippen molar-refractivity contribution in [1.29, 1.82) is 0 Å². The van der Waals surface area contributed by atoms with E-state index in [1.54, 1.807) is 18.2 Å². The Kier molecular flexibility index (Phi) is 4.09. The molecule has 0 atom stereocenters. The first-order valence-corrected chi connectivity index (χ1v) is 7.55. The molecule has 0 fully saturated rings. The molecule has 2 aromatic rings. The molecule has 22 heavy (non-hydrogen) atoms. The van der Waals surface area contributed by atoms with Crippen molar-refractivity contribution in [2.75, 3.05) is 5.73 Å². The van der Waals surface area contributed by atoms with Gasteiger partial charge in [-0.25, -0.2) is 0 Å². The van der Waals surface area contributed by atoms with E-state index in [2.05, 4.69) is 15.5 Å². The summed E-state index contributed by atoms with van der Waals surface area (Å²) in [7, 11) is 0. The van der Waals surface area contributed by atoms with Crippen molar-refractivity contribution in [1.82, 2.24) is 15.5 Å². The summed E-state index contributed by atoms with van der Waals surface area (Å²) in [5, 5.41) is 10.7. The van der Waals surface area contributed by atoms with Crippen LogP contribution >= 0.6 is 23.2 Å². The number of rotatable bonds is 3. The summed E-state index contributed by atoms with van der Waals surface area (Å²) in [6.07, 6.45) is 3.18. The summed E-state index contributed by atoms with van der Waals surface area (Å²) in [6.45, 7) is 0.390. The molecule has 0 saturated carbocycles. The average molecular weight is 337 g/mol. The van der Waals surface area contributed by atoms with E-state index in [1.807, 2.05) is 6.07 Å². The van der Waals surface area contributed by atoms with Crippen molar-refractivity contribution in [2.24, 2.45) is 0 Å². The van der Waals surface area contributed by atoms with Crippen LogP contribution in [0.15, 0.2) is 23.8 Å². The molecule has 1 aromatic carbocycles. The molecule has 3 rings (SSSR count). The van der Waals surface area contributed by atoms with Gasteiger partial charge in [-0.15, -0.1) is 0 Å². The lowest BCUT2D eigenvalue weighted by molar-refractivity contribution is -0.117. The summed E-state index contributed by atoms with van der Waals surface area (Å²) in [6, 6.07) is 5.28. The molecule has 0 bridgehead atoms. The van der Waals surface area contributed by atoms with E-state index < -0.39 is 0 Å². The number of amides is 1. The number of nitrogen functional groups attached to an aromatic ring is 1. The summed E-state index contributed by atoms with van der Waals surface area (Å²) >= 11 is 11.8. The van der Waals surface area contributed by atoms with Crippen LogP contribution < -0.4 is 11.1 Å². The SMILES string of the molecule is Nc1n[nH]c2c1C=C(C(=O)NCc1ccc(Cl)c(Cl)c1)CC2. The third kappa shape index (κ3) is 2.96. The Bertz CT molecular complexity index is 767. The highest BCUT2D eigenvalue weighted by Crippen LogP contribution is 2.26. The number of nitrogens with two attached hydrogens (primary N) is 1. The van der Waals surface area contributed by atoms with Gasteiger partial charge in [0.1, 0.15) is 0 Å². The number of H-pyrrole nitrogens is 1. The molecule has 1 heterocycles. The van der Waals surface area contributed by atoms with E-state index in [9.17, 15) is 4.79 Å². The Morgan fingerprint density at radius 1 is 1.32 bits per heavy atom. The maximum absolute atomic E-state index is 12.3. The van der Waals surface area contributed by atoms with E-state index in [1.165, 1.54) is 0 Å². The van der Waals surface area contributed by atoms with E-state index in [0.29, 0.717) is 34.4 Å². The quantitative estimate of drug-likeness (QED) is 0.805. The zero-order valence-electron chi connectivity index (χ0n) is 11.6. The number of nitrogens with one attached hydrogen (secondary N) is 2. The molecule has 1 aliphatic carbocycles. The second kappa shape index (κ2) is 6.02. The minimum absolute atomic E-state index is 0.114. The van der Waals surface area contributed by atoms with Crippen molar-refractivity contribution >= 4 is 41.0 Å². The highest BCUT2D eigenvalue weighted by atomic mass is 35.5. The number of hydrogen-bond acceptors (Lipinski definition) is 3. The van der Waals surface area contributed by atoms with Crippen molar-refractivity contribution in [3.63, 3.8) is 0 Å². The number of aromatic nitrogens is 2. The number of halogens is 2.